The van der Waals surface area contributed by atoms with Gasteiger partial charge in [-0.05, 0) is 42.6 Å². The summed E-state index contributed by atoms with van der Waals surface area (Å²) in [7, 11) is 1.62. The van der Waals surface area contributed by atoms with Gasteiger partial charge in [-0.1, -0.05) is 39.5 Å². The maximum atomic E-state index is 13.3. The highest BCUT2D eigenvalue weighted by Crippen LogP contribution is 2.42. The molecule has 0 saturated carbocycles. The van der Waals surface area contributed by atoms with Crippen LogP contribution in [0.15, 0.2) is 9.95 Å². The Morgan fingerprint density at radius 2 is 2.15 bits per heavy atom. The van der Waals surface area contributed by atoms with E-state index >= 15 is 0 Å². The number of rotatable bonds is 5. The molecule has 7 heteroatoms. The van der Waals surface area contributed by atoms with E-state index in [2.05, 4.69) is 33.0 Å². The third kappa shape index (κ3) is 4.09. The van der Waals surface area contributed by atoms with Gasteiger partial charge in [0.05, 0.1) is 11.1 Å². The molecule has 0 spiro atoms. The third-order valence-electron chi connectivity index (χ3n) is 5.42. The second kappa shape index (κ2) is 7.95. The zero-order chi connectivity index (χ0) is 19.8. The predicted molar refractivity (Wildman–Crippen MR) is 114 cm³/mol. The molecule has 2 heterocycles. The number of thioether (sulfide) groups is 1. The molecule has 0 aliphatic heterocycles. The minimum atomic E-state index is -0.0594. The molecule has 0 bridgehead atoms. The first-order chi connectivity index (χ1) is 12.8. The van der Waals surface area contributed by atoms with Crippen LogP contribution in [-0.4, -0.2) is 28.3 Å². The molecule has 1 unspecified atom stereocenters. The third-order valence-corrected chi connectivity index (χ3v) is 7.54. The molecule has 0 aromatic carbocycles. The van der Waals surface area contributed by atoms with Crippen molar-refractivity contribution in [3.8, 4) is 0 Å². The van der Waals surface area contributed by atoms with Crippen molar-refractivity contribution in [2.24, 2.45) is 11.3 Å². The predicted octanol–water partition coefficient (Wildman–Crippen LogP) is 3.86. The molecular weight excluding hydrogens is 378 g/mol. The largest absolute Gasteiger partial charge is 0.358 e. The molecule has 0 saturated heterocycles. The van der Waals surface area contributed by atoms with E-state index in [0.29, 0.717) is 17.6 Å². The van der Waals surface area contributed by atoms with Crippen LogP contribution in [-0.2, 0) is 24.2 Å². The topological polar surface area (TPSA) is 64.0 Å². The Labute approximate surface area is 169 Å². The van der Waals surface area contributed by atoms with E-state index in [9.17, 15) is 9.59 Å². The zero-order valence-electron chi connectivity index (χ0n) is 16.8. The number of carbonyl (C=O) groups excluding carboxylic acids is 1. The highest BCUT2D eigenvalue weighted by Gasteiger charge is 2.32. The number of fused-ring (bicyclic) bond motifs is 3. The van der Waals surface area contributed by atoms with E-state index in [1.165, 1.54) is 22.2 Å². The molecule has 0 fully saturated rings. The van der Waals surface area contributed by atoms with Gasteiger partial charge in [0.2, 0.25) is 5.91 Å². The first-order valence-corrected chi connectivity index (χ1v) is 11.4. The van der Waals surface area contributed by atoms with Crippen LogP contribution < -0.4 is 10.9 Å². The molecule has 148 valence electrons. The SMILES string of the molecule is CCCn1c(SCC(=O)NC)nc2sc3c(c2c1=O)CCC(C(C)(C)C)C3. The molecule has 0 radical (unpaired) electrons. The van der Waals surface area contributed by atoms with E-state index in [1.807, 2.05) is 0 Å². The van der Waals surface area contributed by atoms with Gasteiger partial charge >= 0.3 is 0 Å². The Morgan fingerprint density at radius 1 is 1.41 bits per heavy atom. The van der Waals surface area contributed by atoms with E-state index < -0.39 is 0 Å². The lowest BCUT2D eigenvalue weighted by Crippen LogP contribution is -2.27. The van der Waals surface area contributed by atoms with Crippen molar-refractivity contribution >= 4 is 39.2 Å². The summed E-state index contributed by atoms with van der Waals surface area (Å²) in [4.78, 5) is 31.9. The standard InChI is InChI=1S/C20H29N3O2S2/c1-6-9-23-18(25)16-13-8-7-12(20(2,3)4)10-14(13)27-17(16)22-19(23)26-11-15(24)21-5/h12H,6-11H2,1-5H3,(H,21,24). The minimum Gasteiger partial charge on any atom is -0.358 e. The highest BCUT2D eigenvalue weighted by atomic mass is 32.2. The number of aromatic nitrogens is 2. The van der Waals surface area contributed by atoms with Gasteiger partial charge in [0.1, 0.15) is 4.83 Å². The molecule has 1 amide bonds. The van der Waals surface area contributed by atoms with Crippen molar-refractivity contribution in [3.05, 3.63) is 20.8 Å². The van der Waals surface area contributed by atoms with Gasteiger partial charge in [0.15, 0.2) is 5.16 Å². The van der Waals surface area contributed by atoms with Gasteiger partial charge in [-0.15, -0.1) is 11.3 Å². The van der Waals surface area contributed by atoms with Crippen LogP contribution in [0.5, 0.6) is 0 Å². The Kier molecular flexibility index (Phi) is 6.01. The van der Waals surface area contributed by atoms with Gasteiger partial charge < -0.3 is 5.32 Å². The zero-order valence-corrected chi connectivity index (χ0v) is 18.5. The van der Waals surface area contributed by atoms with Crippen molar-refractivity contribution in [1.82, 2.24) is 14.9 Å². The van der Waals surface area contributed by atoms with Crippen LogP contribution in [0, 0.1) is 11.3 Å². The van der Waals surface area contributed by atoms with E-state index in [4.69, 9.17) is 4.98 Å². The van der Waals surface area contributed by atoms with Gasteiger partial charge in [-0.25, -0.2) is 4.98 Å². The van der Waals surface area contributed by atoms with E-state index in [0.717, 1.165) is 35.9 Å². The van der Waals surface area contributed by atoms with E-state index in [-0.39, 0.29) is 22.6 Å². The number of amides is 1. The molecule has 2 aromatic rings. The number of carbonyl (C=O) groups is 1. The van der Waals surface area contributed by atoms with Crippen LogP contribution in [0.1, 0.15) is 51.0 Å². The average molecular weight is 408 g/mol. The van der Waals surface area contributed by atoms with Crippen LogP contribution in [0.4, 0.5) is 0 Å². The highest BCUT2D eigenvalue weighted by molar-refractivity contribution is 7.99. The summed E-state index contributed by atoms with van der Waals surface area (Å²) < 4.78 is 1.76. The smallest absolute Gasteiger partial charge is 0.263 e. The molecule has 1 aliphatic rings. The molecule has 1 atom stereocenters. The first kappa shape index (κ1) is 20.4. The maximum absolute atomic E-state index is 13.3. The summed E-state index contributed by atoms with van der Waals surface area (Å²) in [6.07, 6.45) is 3.99. The molecule has 3 rings (SSSR count). The number of hydrogen-bond donors (Lipinski definition) is 1. The Morgan fingerprint density at radius 3 is 2.78 bits per heavy atom. The fourth-order valence-corrected chi connectivity index (χ4v) is 5.95. The van der Waals surface area contributed by atoms with Crippen molar-refractivity contribution in [3.63, 3.8) is 0 Å². The Hall–Kier alpha value is -1.34. The number of aryl methyl sites for hydroxylation is 1. The van der Waals surface area contributed by atoms with Crippen LogP contribution in [0.2, 0.25) is 0 Å². The van der Waals surface area contributed by atoms with E-state index in [1.54, 1.807) is 23.0 Å². The lowest BCUT2D eigenvalue weighted by molar-refractivity contribution is -0.118. The van der Waals surface area contributed by atoms with Gasteiger partial charge in [0.25, 0.3) is 5.56 Å². The van der Waals surface area contributed by atoms with Crippen molar-refractivity contribution in [2.75, 3.05) is 12.8 Å². The monoisotopic (exact) mass is 407 g/mol. The summed E-state index contributed by atoms with van der Waals surface area (Å²) in [6, 6.07) is 0. The molecule has 5 nitrogen and oxygen atoms in total. The quantitative estimate of drug-likeness (QED) is 0.604. The summed E-state index contributed by atoms with van der Waals surface area (Å²) in [5, 5.41) is 4.10. The normalized spacial score (nSPS) is 17.1. The van der Waals surface area contributed by atoms with Crippen molar-refractivity contribution < 1.29 is 4.79 Å². The average Bonchev–Trinajstić information content (AvgIpc) is 2.99. The lowest BCUT2D eigenvalue weighted by atomic mass is 9.72. The molecular formula is C20H29N3O2S2. The number of hydrogen-bond acceptors (Lipinski definition) is 5. The summed E-state index contributed by atoms with van der Waals surface area (Å²) in [6.45, 7) is 9.59. The first-order valence-electron chi connectivity index (χ1n) is 9.64. The number of thiophene rings is 1. The van der Waals surface area contributed by atoms with Crippen LogP contribution in [0.25, 0.3) is 10.2 Å². The molecule has 2 aromatic heterocycles. The second-order valence-corrected chi connectivity index (χ2v) is 10.3. The summed E-state index contributed by atoms with van der Waals surface area (Å²) in [5.41, 5.74) is 1.56. The fourth-order valence-electron chi connectivity index (χ4n) is 3.71. The summed E-state index contributed by atoms with van der Waals surface area (Å²) in [5.74, 6) is 0.851. The van der Waals surface area contributed by atoms with Crippen molar-refractivity contribution in [2.45, 2.75) is 65.1 Å². The van der Waals surface area contributed by atoms with Gasteiger partial charge in [-0.2, -0.15) is 0 Å². The van der Waals surface area contributed by atoms with Gasteiger partial charge in [0, 0.05) is 18.5 Å². The molecule has 1 N–H and O–H groups in total. The minimum absolute atomic E-state index is 0.0594. The van der Waals surface area contributed by atoms with Crippen LogP contribution >= 0.6 is 23.1 Å². The number of nitrogens with one attached hydrogen (secondary N) is 1. The second-order valence-electron chi connectivity index (χ2n) is 8.30. The van der Waals surface area contributed by atoms with Gasteiger partial charge in [-0.3, -0.25) is 14.2 Å². The fraction of sp³-hybridized carbons (Fsp3) is 0.650. The maximum Gasteiger partial charge on any atom is 0.263 e. The Bertz CT molecular complexity index is 909. The van der Waals surface area contributed by atoms with Crippen molar-refractivity contribution in [1.29, 1.82) is 0 Å². The molecule has 1 aliphatic carbocycles. The Balaban J connectivity index is 2.06. The molecule has 27 heavy (non-hydrogen) atoms. The summed E-state index contributed by atoms with van der Waals surface area (Å²) >= 11 is 3.02. The lowest BCUT2D eigenvalue weighted by Gasteiger charge is -2.33. The van der Waals surface area contributed by atoms with Crippen LogP contribution in [0.3, 0.4) is 0 Å². The number of nitrogens with zero attached hydrogens (tertiary/aromatic N) is 2.